The molecule has 0 heterocycles. The normalized spacial score (nSPS) is 10.5. The lowest BCUT2D eigenvalue weighted by Gasteiger charge is -2.23. The van der Waals surface area contributed by atoms with Crippen LogP contribution in [0.3, 0.4) is 0 Å². The average molecular weight is 675 g/mol. The van der Waals surface area contributed by atoms with Crippen LogP contribution in [0.25, 0.3) is 0 Å². The monoisotopic (exact) mass is 674 g/mol. The molecule has 0 aliphatic heterocycles. The molecule has 0 spiro atoms. The van der Waals surface area contributed by atoms with Gasteiger partial charge in [0.15, 0.2) is 0 Å². The summed E-state index contributed by atoms with van der Waals surface area (Å²) in [5, 5.41) is 0. The molecule has 0 unspecified atom stereocenters. The first kappa shape index (κ1) is 42.1. The summed E-state index contributed by atoms with van der Waals surface area (Å²) >= 11 is 0. The van der Waals surface area contributed by atoms with Crippen molar-refractivity contribution in [2.75, 3.05) is 21.3 Å². The zero-order valence-electron chi connectivity index (χ0n) is 30.4. The van der Waals surface area contributed by atoms with Gasteiger partial charge in [0.25, 0.3) is 0 Å². The van der Waals surface area contributed by atoms with E-state index in [9.17, 15) is 28.8 Å². The van der Waals surface area contributed by atoms with Gasteiger partial charge in [-0.25, -0.2) is 0 Å². The van der Waals surface area contributed by atoms with E-state index >= 15 is 0 Å². The Kier molecular flexibility index (Phi) is 17.6. The highest BCUT2D eigenvalue weighted by Gasteiger charge is 2.35. The van der Waals surface area contributed by atoms with E-state index in [1.807, 2.05) is 72.8 Å². The van der Waals surface area contributed by atoms with Gasteiger partial charge < -0.3 is 14.2 Å². The van der Waals surface area contributed by atoms with Crippen molar-refractivity contribution in [2.45, 2.75) is 67.7 Å². The van der Waals surface area contributed by atoms with Crippen LogP contribution in [0.4, 0.5) is 0 Å². The third kappa shape index (κ3) is 14.0. The minimum absolute atomic E-state index is 0.0803. The molecule has 0 aliphatic rings. The van der Waals surface area contributed by atoms with Crippen molar-refractivity contribution in [2.24, 2.45) is 17.3 Å². The second-order valence-electron chi connectivity index (χ2n) is 12.1. The molecule has 3 rings (SSSR count). The number of carbonyl (C=O) groups is 6. The molecule has 9 heteroatoms. The lowest BCUT2D eigenvalue weighted by Crippen LogP contribution is -2.35. The fourth-order valence-electron chi connectivity index (χ4n) is 4.79. The molecule has 0 N–H and O–H groups in total. The lowest BCUT2D eigenvalue weighted by atomic mass is 9.77. The Morgan fingerprint density at radius 1 is 0.469 bits per heavy atom. The number of Topliss-reactive ketones (excluding diaryl/α,β-unsaturated/α-hetero) is 6. The fourth-order valence-corrected chi connectivity index (χ4v) is 4.79. The van der Waals surface area contributed by atoms with Gasteiger partial charge in [0.1, 0.15) is 51.9 Å². The van der Waals surface area contributed by atoms with E-state index in [1.54, 1.807) is 28.3 Å². The third-order valence-electron chi connectivity index (χ3n) is 8.43. The van der Waals surface area contributed by atoms with Gasteiger partial charge >= 0.3 is 0 Å². The van der Waals surface area contributed by atoms with E-state index < -0.39 is 17.3 Å². The van der Waals surface area contributed by atoms with Gasteiger partial charge in [-0.3, -0.25) is 28.8 Å². The summed E-state index contributed by atoms with van der Waals surface area (Å²) in [4.78, 5) is 68.2. The molecule has 0 saturated heterocycles. The number of hydrogen-bond donors (Lipinski definition) is 0. The molecule has 264 valence electrons. The number of ether oxygens (including phenoxy) is 3. The van der Waals surface area contributed by atoms with Crippen LogP contribution in [-0.4, -0.2) is 56.0 Å². The molecule has 0 fully saturated rings. The van der Waals surface area contributed by atoms with Crippen molar-refractivity contribution in [3.8, 4) is 17.2 Å². The molecule has 0 bridgehead atoms. The molecule has 0 amide bonds. The Labute approximate surface area is 290 Å². The van der Waals surface area contributed by atoms with Gasteiger partial charge in [0.2, 0.25) is 0 Å². The van der Waals surface area contributed by atoms with Crippen LogP contribution in [0.1, 0.15) is 65.2 Å². The minimum atomic E-state index is -0.922. The zero-order valence-corrected chi connectivity index (χ0v) is 30.4. The molecule has 9 nitrogen and oxygen atoms in total. The van der Waals surface area contributed by atoms with E-state index in [2.05, 4.69) is 0 Å². The highest BCUT2D eigenvalue weighted by atomic mass is 16.5. The molecule has 0 saturated carbocycles. The van der Waals surface area contributed by atoms with Crippen LogP contribution in [0.5, 0.6) is 17.2 Å². The summed E-state index contributed by atoms with van der Waals surface area (Å²) in [7, 11) is 4.80. The van der Waals surface area contributed by atoms with Crippen LogP contribution in [0.15, 0.2) is 72.8 Å². The standard InChI is InChI=1S/C14H18O3.2C13H16O3/c1-10(15)14(3,11(2)16)9-12-5-7-13(17-4)8-6-12;2*1-9(14)13(10(2)15)8-11-4-6-12(16-3)7-5-11/h5-8H,9H2,1-4H3;2*4-7,13H,8H2,1-3H3. The number of benzene rings is 3. The quantitative estimate of drug-likeness (QED) is 0.166. The number of carbonyl (C=O) groups excluding carboxylic acids is 6. The summed E-state index contributed by atoms with van der Waals surface area (Å²) in [5.41, 5.74) is 1.97. The number of rotatable bonds is 15. The Hall–Kier alpha value is -4.92. The molecule has 0 aromatic heterocycles. The average Bonchev–Trinajstić information content (AvgIpc) is 3.06. The van der Waals surface area contributed by atoms with Gasteiger partial charge in [0, 0.05) is 0 Å². The molecule has 49 heavy (non-hydrogen) atoms. The summed E-state index contributed by atoms with van der Waals surface area (Å²) in [6.45, 7) is 10.4. The number of hydrogen-bond acceptors (Lipinski definition) is 9. The third-order valence-corrected chi connectivity index (χ3v) is 8.43. The van der Waals surface area contributed by atoms with E-state index in [-0.39, 0.29) is 34.7 Å². The Bertz CT molecular complexity index is 1430. The fraction of sp³-hybridized carbons (Fsp3) is 0.400. The summed E-state index contributed by atoms with van der Waals surface area (Å²) in [6.07, 6.45) is 1.37. The van der Waals surface area contributed by atoms with Crippen LogP contribution >= 0.6 is 0 Å². The zero-order chi connectivity index (χ0) is 37.3. The van der Waals surface area contributed by atoms with Crippen molar-refractivity contribution in [1.82, 2.24) is 0 Å². The largest absolute Gasteiger partial charge is 0.497 e. The molecule has 0 aliphatic carbocycles. The van der Waals surface area contributed by atoms with Crippen LogP contribution in [0.2, 0.25) is 0 Å². The SMILES string of the molecule is COc1ccc(CC(C(C)=O)C(C)=O)cc1.COc1ccc(CC(C(C)=O)C(C)=O)cc1.COc1ccc(CC(C)(C(C)=O)C(C)=O)cc1. The molecular weight excluding hydrogens is 624 g/mol. The van der Waals surface area contributed by atoms with E-state index in [1.165, 1.54) is 41.5 Å². The maximum absolute atomic E-state index is 11.6. The molecule has 0 radical (unpaired) electrons. The van der Waals surface area contributed by atoms with E-state index in [0.29, 0.717) is 19.3 Å². The Morgan fingerprint density at radius 2 is 0.714 bits per heavy atom. The second-order valence-corrected chi connectivity index (χ2v) is 12.1. The summed E-state index contributed by atoms with van der Waals surface area (Å²) < 4.78 is 15.1. The molecule has 3 aromatic carbocycles. The van der Waals surface area contributed by atoms with Crippen LogP contribution in [0, 0.1) is 17.3 Å². The highest BCUT2D eigenvalue weighted by molar-refractivity contribution is 6.05. The van der Waals surface area contributed by atoms with Crippen LogP contribution in [-0.2, 0) is 48.0 Å². The highest BCUT2D eigenvalue weighted by Crippen LogP contribution is 2.26. The predicted molar refractivity (Wildman–Crippen MR) is 189 cm³/mol. The first-order valence-electron chi connectivity index (χ1n) is 15.9. The minimum Gasteiger partial charge on any atom is -0.497 e. The van der Waals surface area contributed by atoms with Gasteiger partial charge in [-0.1, -0.05) is 36.4 Å². The molecule has 0 atom stereocenters. The Balaban J connectivity index is 0.000000368. The first-order chi connectivity index (χ1) is 23.0. The van der Waals surface area contributed by atoms with Gasteiger partial charge in [-0.2, -0.15) is 0 Å². The van der Waals surface area contributed by atoms with Gasteiger partial charge in [0.05, 0.1) is 38.6 Å². The topological polar surface area (TPSA) is 130 Å². The van der Waals surface area contributed by atoms with Crippen LogP contribution < -0.4 is 14.2 Å². The van der Waals surface area contributed by atoms with Crippen molar-refractivity contribution >= 4 is 34.7 Å². The second kappa shape index (κ2) is 20.4. The van der Waals surface area contributed by atoms with Crippen molar-refractivity contribution in [3.63, 3.8) is 0 Å². The molecular formula is C40H50O9. The smallest absolute Gasteiger partial charge is 0.143 e. The maximum Gasteiger partial charge on any atom is 0.143 e. The molecule has 3 aromatic rings. The lowest BCUT2D eigenvalue weighted by molar-refractivity contribution is -0.137. The van der Waals surface area contributed by atoms with E-state index in [0.717, 1.165) is 33.9 Å². The van der Waals surface area contributed by atoms with Crippen molar-refractivity contribution in [3.05, 3.63) is 89.5 Å². The van der Waals surface area contributed by atoms with Crippen molar-refractivity contribution < 1.29 is 43.0 Å². The first-order valence-corrected chi connectivity index (χ1v) is 15.9. The maximum atomic E-state index is 11.6. The van der Waals surface area contributed by atoms with E-state index in [4.69, 9.17) is 14.2 Å². The number of ketones is 6. The predicted octanol–water partition coefficient (Wildman–Crippen LogP) is 6.49. The van der Waals surface area contributed by atoms with Gasteiger partial charge in [-0.05, 0) is 121 Å². The summed E-state index contributed by atoms with van der Waals surface area (Å²) in [5.74, 6) is 0.750. The Morgan fingerprint density at radius 3 is 0.918 bits per heavy atom. The number of methoxy groups -OCH3 is 3. The summed E-state index contributed by atoms with van der Waals surface area (Å²) in [6, 6.07) is 22.2. The van der Waals surface area contributed by atoms with Crippen molar-refractivity contribution in [1.29, 1.82) is 0 Å². The van der Waals surface area contributed by atoms with Gasteiger partial charge in [-0.15, -0.1) is 0 Å².